The molecule has 2 aliphatic carbocycles. The van der Waals surface area contributed by atoms with Crippen molar-refractivity contribution < 1.29 is 5.11 Å². The second-order valence-corrected chi connectivity index (χ2v) is 4.31. The van der Waals surface area contributed by atoms with Gasteiger partial charge in [-0.25, -0.2) is 0 Å². The monoisotopic (exact) mass is 205 g/mol. The van der Waals surface area contributed by atoms with E-state index in [2.05, 4.69) is 11.8 Å². The van der Waals surface area contributed by atoms with Crippen molar-refractivity contribution in [3.05, 3.63) is 0 Å². The van der Waals surface area contributed by atoms with Crippen LogP contribution < -0.4 is 0 Å². The molecule has 3 heteroatoms. The molecule has 0 heterocycles. The zero-order chi connectivity index (χ0) is 8.55. The van der Waals surface area contributed by atoms with E-state index in [4.69, 9.17) is 0 Å². The van der Waals surface area contributed by atoms with Crippen molar-refractivity contribution >= 4 is 12.4 Å². The standard InChI is InChI=1S/C10H19NO.ClH/c1-2-11(7-8-3-4-8)9-5-10(12)6-9;/h8-10,12H,2-7H2,1H3;1H. The Morgan fingerprint density at radius 2 is 1.92 bits per heavy atom. The molecule has 0 radical (unpaired) electrons. The van der Waals surface area contributed by atoms with Gasteiger partial charge in [-0.15, -0.1) is 12.4 Å². The molecule has 0 amide bonds. The molecule has 0 aromatic rings. The van der Waals surface area contributed by atoms with Gasteiger partial charge < -0.3 is 10.0 Å². The van der Waals surface area contributed by atoms with Crippen molar-refractivity contribution in [2.24, 2.45) is 5.92 Å². The zero-order valence-corrected chi connectivity index (χ0v) is 9.09. The van der Waals surface area contributed by atoms with Crippen LogP contribution in [0, 0.1) is 5.92 Å². The maximum Gasteiger partial charge on any atom is 0.0570 e. The van der Waals surface area contributed by atoms with Crippen LogP contribution in [0.5, 0.6) is 0 Å². The molecular weight excluding hydrogens is 186 g/mol. The fourth-order valence-electron chi connectivity index (χ4n) is 2.03. The quantitative estimate of drug-likeness (QED) is 0.755. The van der Waals surface area contributed by atoms with Crippen LogP contribution >= 0.6 is 12.4 Å². The third-order valence-corrected chi connectivity index (χ3v) is 3.20. The van der Waals surface area contributed by atoms with Crippen molar-refractivity contribution in [3.8, 4) is 0 Å². The fraction of sp³-hybridized carbons (Fsp3) is 1.00. The van der Waals surface area contributed by atoms with Crippen LogP contribution in [0.3, 0.4) is 0 Å². The van der Waals surface area contributed by atoms with Gasteiger partial charge in [-0.05, 0) is 38.1 Å². The summed E-state index contributed by atoms with van der Waals surface area (Å²) in [6.45, 7) is 4.68. The molecule has 1 N–H and O–H groups in total. The van der Waals surface area contributed by atoms with Crippen LogP contribution in [0.1, 0.15) is 32.6 Å². The highest BCUT2D eigenvalue weighted by Gasteiger charge is 2.34. The van der Waals surface area contributed by atoms with Gasteiger partial charge in [0.1, 0.15) is 0 Å². The molecule has 13 heavy (non-hydrogen) atoms. The number of hydrogen-bond donors (Lipinski definition) is 1. The lowest BCUT2D eigenvalue weighted by molar-refractivity contribution is 0.00190. The highest BCUT2D eigenvalue weighted by molar-refractivity contribution is 5.85. The lowest BCUT2D eigenvalue weighted by Crippen LogP contribution is -2.47. The Balaban J connectivity index is 0.000000845. The molecule has 2 fully saturated rings. The van der Waals surface area contributed by atoms with Gasteiger partial charge in [-0.3, -0.25) is 0 Å². The van der Waals surface area contributed by atoms with Gasteiger partial charge in [-0.2, -0.15) is 0 Å². The summed E-state index contributed by atoms with van der Waals surface area (Å²) in [5, 5.41) is 9.19. The van der Waals surface area contributed by atoms with E-state index < -0.39 is 0 Å². The predicted molar refractivity (Wildman–Crippen MR) is 56.2 cm³/mol. The van der Waals surface area contributed by atoms with Crippen LogP contribution in [0.15, 0.2) is 0 Å². The van der Waals surface area contributed by atoms with Crippen LogP contribution in [0.4, 0.5) is 0 Å². The fourth-order valence-corrected chi connectivity index (χ4v) is 2.03. The summed E-state index contributed by atoms with van der Waals surface area (Å²) >= 11 is 0. The molecule has 2 nitrogen and oxygen atoms in total. The van der Waals surface area contributed by atoms with E-state index in [9.17, 15) is 5.11 Å². The average Bonchev–Trinajstić information content (AvgIpc) is 2.78. The van der Waals surface area contributed by atoms with E-state index in [0.29, 0.717) is 6.04 Å². The Morgan fingerprint density at radius 1 is 1.31 bits per heavy atom. The number of aliphatic hydroxyl groups is 1. The highest BCUT2D eigenvalue weighted by atomic mass is 35.5. The molecule has 0 saturated heterocycles. The normalized spacial score (nSPS) is 32.5. The lowest BCUT2D eigenvalue weighted by atomic mass is 9.88. The summed E-state index contributed by atoms with van der Waals surface area (Å²) in [6, 6.07) is 0.700. The van der Waals surface area contributed by atoms with E-state index in [0.717, 1.165) is 25.3 Å². The first-order valence-electron chi connectivity index (χ1n) is 5.21. The Morgan fingerprint density at radius 3 is 2.31 bits per heavy atom. The van der Waals surface area contributed by atoms with E-state index in [1.54, 1.807) is 0 Å². The van der Waals surface area contributed by atoms with Gasteiger partial charge in [0.25, 0.3) is 0 Å². The second kappa shape index (κ2) is 4.63. The van der Waals surface area contributed by atoms with Crippen molar-refractivity contribution in [3.63, 3.8) is 0 Å². The van der Waals surface area contributed by atoms with Gasteiger partial charge in [0.05, 0.1) is 6.10 Å². The van der Waals surface area contributed by atoms with Crippen LogP contribution in [-0.4, -0.2) is 35.2 Å². The summed E-state index contributed by atoms with van der Waals surface area (Å²) in [4.78, 5) is 2.55. The van der Waals surface area contributed by atoms with Gasteiger partial charge in [0, 0.05) is 12.6 Å². The minimum Gasteiger partial charge on any atom is -0.393 e. The summed E-state index contributed by atoms with van der Waals surface area (Å²) in [5.41, 5.74) is 0. The van der Waals surface area contributed by atoms with Gasteiger partial charge in [0.2, 0.25) is 0 Å². The smallest absolute Gasteiger partial charge is 0.0570 e. The molecule has 2 aliphatic rings. The molecule has 0 unspecified atom stereocenters. The third kappa shape index (κ3) is 2.83. The summed E-state index contributed by atoms with van der Waals surface area (Å²) in [6.07, 6.45) is 4.90. The first kappa shape index (κ1) is 11.3. The predicted octanol–water partition coefficient (Wildman–Crippen LogP) is 1.66. The number of hydrogen-bond acceptors (Lipinski definition) is 2. The van der Waals surface area contributed by atoms with E-state index in [1.165, 1.54) is 19.4 Å². The van der Waals surface area contributed by atoms with Gasteiger partial charge in [-0.1, -0.05) is 6.92 Å². The Hall–Kier alpha value is 0.210. The third-order valence-electron chi connectivity index (χ3n) is 3.20. The molecule has 0 aliphatic heterocycles. The Labute approximate surface area is 86.7 Å². The lowest BCUT2D eigenvalue weighted by Gasteiger charge is -2.40. The van der Waals surface area contributed by atoms with E-state index in [1.807, 2.05) is 0 Å². The minimum absolute atomic E-state index is 0. The van der Waals surface area contributed by atoms with Crippen LogP contribution in [-0.2, 0) is 0 Å². The number of rotatable bonds is 4. The average molecular weight is 206 g/mol. The molecule has 0 bridgehead atoms. The Kier molecular flexibility index (Phi) is 4.02. The summed E-state index contributed by atoms with van der Waals surface area (Å²) < 4.78 is 0. The second-order valence-electron chi connectivity index (χ2n) is 4.31. The SMILES string of the molecule is CCN(CC1CC1)C1CC(O)C1.Cl. The molecule has 0 spiro atoms. The molecule has 0 atom stereocenters. The van der Waals surface area contributed by atoms with Crippen molar-refractivity contribution in [2.45, 2.75) is 44.8 Å². The Bertz CT molecular complexity index is 155. The number of halogens is 1. The van der Waals surface area contributed by atoms with Crippen molar-refractivity contribution in [2.75, 3.05) is 13.1 Å². The van der Waals surface area contributed by atoms with Crippen molar-refractivity contribution in [1.82, 2.24) is 4.90 Å². The summed E-state index contributed by atoms with van der Waals surface area (Å²) in [7, 11) is 0. The first-order chi connectivity index (χ1) is 5.79. The van der Waals surface area contributed by atoms with Crippen molar-refractivity contribution in [1.29, 1.82) is 0 Å². The molecule has 78 valence electrons. The molecule has 2 saturated carbocycles. The molecule has 0 aromatic carbocycles. The first-order valence-corrected chi connectivity index (χ1v) is 5.21. The zero-order valence-electron chi connectivity index (χ0n) is 8.28. The topological polar surface area (TPSA) is 23.5 Å². The van der Waals surface area contributed by atoms with E-state index >= 15 is 0 Å². The molecule has 0 aromatic heterocycles. The summed E-state index contributed by atoms with van der Waals surface area (Å²) in [5.74, 6) is 0.989. The van der Waals surface area contributed by atoms with Crippen LogP contribution in [0.2, 0.25) is 0 Å². The van der Waals surface area contributed by atoms with Gasteiger partial charge in [0.15, 0.2) is 0 Å². The number of aliphatic hydroxyl groups excluding tert-OH is 1. The largest absolute Gasteiger partial charge is 0.393 e. The molecular formula is C10H20ClNO. The van der Waals surface area contributed by atoms with Crippen LogP contribution in [0.25, 0.3) is 0 Å². The maximum absolute atomic E-state index is 9.19. The maximum atomic E-state index is 9.19. The number of nitrogens with zero attached hydrogens (tertiary/aromatic N) is 1. The minimum atomic E-state index is 0. The highest BCUT2D eigenvalue weighted by Crippen LogP contribution is 2.33. The van der Waals surface area contributed by atoms with Gasteiger partial charge >= 0.3 is 0 Å². The molecule has 2 rings (SSSR count). The van der Waals surface area contributed by atoms with E-state index in [-0.39, 0.29) is 18.5 Å².